The molecule has 2 rings (SSSR count). The molecule has 1 atom stereocenters. The Kier molecular flexibility index (Phi) is 5.94. The Morgan fingerprint density at radius 3 is 2.43 bits per heavy atom. The van der Waals surface area contributed by atoms with Crippen LogP contribution in [0, 0.1) is 3.57 Å². The first-order chi connectivity index (χ1) is 10.2. The standard InChI is InChI=1S/C15H15IN2O3/c1-11(3-2-8-19)20-13-4-6-14(7-5-13)21-15-17-9-12(16)10-18-15/h2-7,9-11,19H,8H2,1H3. The highest BCUT2D eigenvalue weighted by atomic mass is 127. The fraction of sp³-hybridized carbons (Fsp3) is 0.200. The lowest BCUT2D eigenvalue weighted by Crippen LogP contribution is -2.08. The average Bonchev–Trinajstić information content (AvgIpc) is 2.49. The van der Waals surface area contributed by atoms with E-state index in [9.17, 15) is 0 Å². The molecular weight excluding hydrogens is 383 g/mol. The predicted molar refractivity (Wildman–Crippen MR) is 87.6 cm³/mol. The molecule has 1 unspecified atom stereocenters. The molecule has 6 heteroatoms. The number of hydrogen-bond donors (Lipinski definition) is 1. The van der Waals surface area contributed by atoms with Crippen molar-refractivity contribution in [1.82, 2.24) is 9.97 Å². The number of aliphatic hydroxyl groups excluding tert-OH is 1. The van der Waals surface area contributed by atoms with Gasteiger partial charge >= 0.3 is 6.01 Å². The van der Waals surface area contributed by atoms with E-state index in [-0.39, 0.29) is 12.7 Å². The summed E-state index contributed by atoms with van der Waals surface area (Å²) in [5.41, 5.74) is 0. The molecule has 0 aliphatic rings. The van der Waals surface area contributed by atoms with E-state index in [1.54, 1.807) is 36.7 Å². The van der Waals surface area contributed by atoms with Crippen LogP contribution >= 0.6 is 22.6 Å². The van der Waals surface area contributed by atoms with Gasteiger partial charge in [-0.3, -0.25) is 0 Å². The third-order valence-corrected chi connectivity index (χ3v) is 3.02. The van der Waals surface area contributed by atoms with Gasteiger partial charge in [-0.15, -0.1) is 0 Å². The lowest BCUT2D eigenvalue weighted by Gasteiger charge is -2.11. The van der Waals surface area contributed by atoms with E-state index in [1.807, 2.05) is 19.1 Å². The van der Waals surface area contributed by atoms with Crippen LogP contribution in [-0.2, 0) is 0 Å². The van der Waals surface area contributed by atoms with Gasteiger partial charge < -0.3 is 14.6 Å². The Morgan fingerprint density at radius 2 is 1.81 bits per heavy atom. The summed E-state index contributed by atoms with van der Waals surface area (Å²) in [6.45, 7) is 1.91. The molecule has 1 N–H and O–H groups in total. The fourth-order valence-corrected chi connectivity index (χ4v) is 1.83. The number of halogens is 1. The van der Waals surface area contributed by atoms with Crippen LogP contribution in [0.2, 0.25) is 0 Å². The number of aliphatic hydroxyl groups is 1. The molecule has 0 radical (unpaired) electrons. The van der Waals surface area contributed by atoms with E-state index < -0.39 is 0 Å². The van der Waals surface area contributed by atoms with Crippen LogP contribution in [0.1, 0.15) is 6.92 Å². The van der Waals surface area contributed by atoms with Crippen molar-refractivity contribution >= 4 is 22.6 Å². The minimum absolute atomic E-state index is 0.0104. The zero-order valence-corrected chi connectivity index (χ0v) is 13.6. The number of hydrogen-bond acceptors (Lipinski definition) is 5. The van der Waals surface area contributed by atoms with Crippen LogP contribution in [0.3, 0.4) is 0 Å². The SMILES string of the molecule is CC(C=CCO)Oc1ccc(Oc2ncc(I)cn2)cc1. The van der Waals surface area contributed by atoms with Gasteiger partial charge in [0.25, 0.3) is 0 Å². The topological polar surface area (TPSA) is 64.5 Å². The number of benzene rings is 1. The second-order valence-corrected chi connectivity index (χ2v) is 5.44. The van der Waals surface area contributed by atoms with Crippen molar-refractivity contribution in [3.8, 4) is 17.5 Å². The second kappa shape index (κ2) is 7.94. The first-order valence-corrected chi connectivity index (χ1v) is 7.45. The number of ether oxygens (including phenoxy) is 2. The van der Waals surface area contributed by atoms with Crippen LogP contribution in [0.25, 0.3) is 0 Å². The second-order valence-electron chi connectivity index (χ2n) is 4.19. The van der Waals surface area contributed by atoms with Crippen LogP contribution in [-0.4, -0.2) is 27.8 Å². The summed E-state index contributed by atoms with van der Waals surface area (Å²) >= 11 is 2.13. The monoisotopic (exact) mass is 398 g/mol. The maximum Gasteiger partial charge on any atom is 0.321 e. The number of aromatic nitrogens is 2. The van der Waals surface area contributed by atoms with Crippen molar-refractivity contribution in [3.63, 3.8) is 0 Å². The van der Waals surface area contributed by atoms with Gasteiger partial charge in [0, 0.05) is 16.0 Å². The summed E-state index contributed by atoms with van der Waals surface area (Å²) in [5, 5.41) is 8.70. The summed E-state index contributed by atoms with van der Waals surface area (Å²) in [7, 11) is 0. The molecule has 0 saturated heterocycles. The highest BCUT2D eigenvalue weighted by Gasteiger charge is 2.03. The molecule has 110 valence electrons. The Bertz CT molecular complexity index is 585. The van der Waals surface area contributed by atoms with Gasteiger partial charge in [0.05, 0.1) is 6.61 Å². The van der Waals surface area contributed by atoms with Crippen molar-refractivity contribution in [2.45, 2.75) is 13.0 Å². The van der Waals surface area contributed by atoms with Gasteiger partial charge in [0.15, 0.2) is 0 Å². The van der Waals surface area contributed by atoms with E-state index in [0.717, 1.165) is 9.32 Å². The first kappa shape index (κ1) is 15.7. The van der Waals surface area contributed by atoms with Crippen LogP contribution < -0.4 is 9.47 Å². The molecular formula is C15H15IN2O3. The lowest BCUT2D eigenvalue weighted by molar-refractivity contribution is 0.267. The molecule has 0 bridgehead atoms. The Hall–Kier alpha value is -1.67. The van der Waals surface area contributed by atoms with Crippen molar-refractivity contribution in [2.24, 2.45) is 0 Å². The molecule has 0 aliphatic heterocycles. The summed E-state index contributed by atoms with van der Waals surface area (Å²) in [5.74, 6) is 1.36. The van der Waals surface area contributed by atoms with Crippen molar-refractivity contribution < 1.29 is 14.6 Å². The van der Waals surface area contributed by atoms with Gasteiger partial charge in [-0.2, -0.15) is 0 Å². The van der Waals surface area contributed by atoms with Gasteiger partial charge in [-0.05, 0) is 59.9 Å². The van der Waals surface area contributed by atoms with E-state index in [0.29, 0.717) is 11.8 Å². The molecule has 0 spiro atoms. The molecule has 0 amide bonds. The molecule has 1 heterocycles. The van der Waals surface area contributed by atoms with Crippen molar-refractivity contribution in [1.29, 1.82) is 0 Å². The third-order valence-electron chi connectivity index (χ3n) is 2.46. The first-order valence-electron chi connectivity index (χ1n) is 6.37. The smallest absolute Gasteiger partial charge is 0.321 e. The molecule has 0 aliphatic carbocycles. The summed E-state index contributed by atoms with van der Waals surface area (Å²) in [4.78, 5) is 8.15. The normalized spacial score (nSPS) is 12.3. The predicted octanol–water partition coefficient (Wildman–Crippen LogP) is 3.19. The minimum atomic E-state index is -0.108. The fourth-order valence-electron chi connectivity index (χ4n) is 1.55. The van der Waals surface area contributed by atoms with Crippen molar-refractivity contribution in [2.75, 3.05) is 6.61 Å². The minimum Gasteiger partial charge on any atom is -0.487 e. The maximum atomic E-state index is 8.70. The lowest BCUT2D eigenvalue weighted by atomic mass is 10.3. The Morgan fingerprint density at radius 1 is 1.19 bits per heavy atom. The molecule has 2 aromatic rings. The maximum absolute atomic E-state index is 8.70. The quantitative estimate of drug-likeness (QED) is 0.598. The van der Waals surface area contributed by atoms with Crippen LogP contribution in [0.5, 0.6) is 17.5 Å². The largest absolute Gasteiger partial charge is 0.487 e. The zero-order valence-electron chi connectivity index (χ0n) is 11.4. The molecule has 1 aromatic heterocycles. The van der Waals surface area contributed by atoms with Crippen molar-refractivity contribution in [3.05, 3.63) is 52.4 Å². The summed E-state index contributed by atoms with van der Waals surface area (Å²) in [6, 6.07) is 7.51. The number of nitrogens with zero attached hydrogens (tertiary/aromatic N) is 2. The Labute approximate surface area is 136 Å². The van der Waals surface area contributed by atoms with Gasteiger partial charge in [-0.25, -0.2) is 9.97 Å². The average molecular weight is 398 g/mol. The number of rotatable bonds is 6. The van der Waals surface area contributed by atoms with E-state index in [1.165, 1.54) is 0 Å². The molecule has 5 nitrogen and oxygen atoms in total. The van der Waals surface area contributed by atoms with E-state index >= 15 is 0 Å². The summed E-state index contributed by atoms with van der Waals surface area (Å²) < 4.78 is 12.1. The van der Waals surface area contributed by atoms with Gasteiger partial charge in [0.1, 0.15) is 17.6 Å². The van der Waals surface area contributed by atoms with Gasteiger partial charge in [-0.1, -0.05) is 6.08 Å². The highest BCUT2D eigenvalue weighted by molar-refractivity contribution is 14.1. The van der Waals surface area contributed by atoms with Gasteiger partial charge in [0.2, 0.25) is 0 Å². The van der Waals surface area contributed by atoms with Crippen LogP contribution in [0.15, 0.2) is 48.8 Å². The Balaban J connectivity index is 1.95. The summed E-state index contributed by atoms with van der Waals surface area (Å²) in [6.07, 6.45) is 6.72. The molecule has 0 fully saturated rings. The molecule has 21 heavy (non-hydrogen) atoms. The highest BCUT2D eigenvalue weighted by Crippen LogP contribution is 2.22. The zero-order chi connectivity index (χ0) is 15.1. The molecule has 0 saturated carbocycles. The van der Waals surface area contributed by atoms with E-state index in [2.05, 4.69) is 32.6 Å². The third kappa shape index (κ3) is 5.31. The molecule has 1 aromatic carbocycles. The van der Waals surface area contributed by atoms with E-state index in [4.69, 9.17) is 14.6 Å². The van der Waals surface area contributed by atoms with Crippen LogP contribution in [0.4, 0.5) is 0 Å².